The van der Waals surface area contributed by atoms with E-state index in [9.17, 15) is 9.59 Å². The molecule has 0 spiro atoms. The van der Waals surface area contributed by atoms with Crippen molar-refractivity contribution < 1.29 is 24.2 Å². The molecule has 1 aromatic carbocycles. The molecule has 20 heavy (non-hydrogen) atoms. The van der Waals surface area contributed by atoms with Gasteiger partial charge in [-0.1, -0.05) is 6.07 Å². The lowest BCUT2D eigenvalue weighted by atomic mass is 10.2. The molecule has 2 N–H and O–H groups in total. The highest BCUT2D eigenvalue weighted by Crippen LogP contribution is 2.26. The minimum Gasteiger partial charge on any atom is -0.489 e. The topological polar surface area (TPSA) is 84.9 Å². The van der Waals surface area contributed by atoms with E-state index in [1.54, 1.807) is 13.2 Å². The summed E-state index contributed by atoms with van der Waals surface area (Å²) in [5, 5.41) is 11.2. The van der Waals surface area contributed by atoms with Crippen molar-refractivity contribution in [3.8, 4) is 5.75 Å². The van der Waals surface area contributed by atoms with Crippen molar-refractivity contribution in [1.29, 1.82) is 0 Å². The second-order valence-electron chi connectivity index (χ2n) is 4.28. The van der Waals surface area contributed by atoms with Gasteiger partial charge in [-0.15, -0.1) is 0 Å². The van der Waals surface area contributed by atoms with Gasteiger partial charge in [0.05, 0.1) is 18.7 Å². The molecule has 6 heteroatoms. The number of hydrogen-bond donors (Lipinski definition) is 2. The number of anilines is 1. The number of amides is 1. The number of carbonyl (C=O) groups excluding carboxylic acids is 1. The average Bonchev–Trinajstić information content (AvgIpc) is 2.39. The van der Waals surface area contributed by atoms with Crippen LogP contribution in [0.3, 0.4) is 0 Å². The Morgan fingerprint density at radius 2 is 2.00 bits per heavy atom. The van der Waals surface area contributed by atoms with Gasteiger partial charge in [-0.3, -0.25) is 9.59 Å². The van der Waals surface area contributed by atoms with Crippen LogP contribution in [0.4, 0.5) is 5.69 Å². The standard InChI is InChI=1S/C14H19NO5/c1-10-3-4-11(12(9-10)20-8-7-19-2)15-13(16)5-6-14(17)18/h3-4,9H,5-8H2,1-2H3,(H,15,16)(H,17,18). The third kappa shape index (κ3) is 5.71. The number of methoxy groups -OCH3 is 1. The van der Waals surface area contributed by atoms with Crippen molar-refractivity contribution in [2.75, 3.05) is 25.6 Å². The van der Waals surface area contributed by atoms with Crippen molar-refractivity contribution in [2.24, 2.45) is 0 Å². The highest BCUT2D eigenvalue weighted by atomic mass is 16.5. The molecule has 0 aliphatic heterocycles. The second-order valence-corrected chi connectivity index (χ2v) is 4.28. The van der Waals surface area contributed by atoms with Crippen LogP contribution in [-0.2, 0) is 14.3 Å². The Kier molecular flexibility index (Phi) is 6.52. The van der Waals surface area contributed by atoms with Crippen LogP contribution in [0.5, 0.6) is 5.75 Å². The van der Waals surface area contributed by atoms with E-state index in [0.29, 0.717) is 24.7 Å². The second kappa shape index (κ2) is 8.16. The number of benzene rings is 1. The molecule has 0 aromatic heterocycles. The molecule has 1 aromatic rings. The molecule has 0 unspecified atom stereocenters. The third-order valence-corrected chi connectivity index (χ3v) is 2.52. The van der Waals surface area contributed by atoms with Gasteiger partial charge in [-0.25, -0.2) is 0 Å². The zero-order valence-corrected chi connectivity index (χ0v) is 11.6. The van der Waals surface area contributed by atoms with Crippen molar-refractivity contribution in [3.05, 3.63) is 23.8 Å². The molecule has 0 saturated heterocycles. The first-order chi connectivity index (χ1) is 9.52. The fourth-order valence-electron chi connectivity index (χ4n) is 1.52. The van der Waals surface area contributed by atoms with Crippen LogP contribution in [0.1, 0.15) is 18.4 Å². The van der Waals surface area contributed by atoms with Crippen molar-refractivity contribution in [1.82, 2.24) is 0 Å². The van der Waals surface area contributed by atoms with Crippen molar-refractivity contribution >= 4 is 17.6 Å². The Balaban J connectivity index is 2.67. The number of nitrogens with one attached hydrogen (secondary N) is 1. The number of rotatable bonds is 8. The normalized spacial score (nSPS) is 10.1. The number of carboxylic acids is 1. The number of hydrogen-bond acceptors (Lipinski definition) is 4. The third-order valence-electron chi connectivity index (χ3n) is 2.52. The van der Waals surface area contributed by atoms with Gasteiger partial charge >= 0.3 is 5.97 Å². The lowest BCUT2D eigenvalue weighted by Crippen LogP contribution is -2.14. The van der Waals surface area contributed by atoms with E-state index in [0.717, 1.165) is 5.56 Å². The summed E-state index contributed by atoms with van der Waals surface area (Å²) in [5.74, 6) is -0.806. The molecule has 0 atom stereocenters. The monoisotopic (exact) mass is 281 g/mol. The van der Waals surface area contributed by atoms with Gasteiger partial charge in [0.1, 0.15) is 12.4 Å². The summed E-state index contributed by atoms with van der Waals surface area (Å²) in [4.78, 5) is 22.1. The summed E-state index contributed by atoms with van der Waals surface area (Å²) in [5.41, 5.74) is 1.53. The summed E-state index contributed by atoms with van der Waals surface area (Å²) >= 11 is 0. The minimum atomic E-state index is -0.999. The van der Waals surface area contributed by atoms with Crippen LogP contribution < -0.4 is 10.1 Å². The molecular weight excluding hydrogens is 262 g/mol. The molecule has 1 amide bonds. The van der Waals surface area contributed by atoms with Gasteiger partial charge in [-0.2, -0.15) is 0 Å². The number of carboxylic acid groups (broad SMARTS) is 1. The Labute approximate surface area is 117 Å². The first-order valence-corrected chi connectivity index (χ1v) is 6.27. The molecule has 0 heterocycles. The van der Waals surface area contributed by atoms with E-state index in [4.69, 9.17) is 14.6 Å². The summed E-state index contributed by atoms with van der Waals surface area (Å²) in [6.07, 6.45) is -0.266. The van der Waals surface area contributed by atoms with Gasteiger partial charge in [0.25, 0.3) is 0 Å². The number of aryl methyl sites for hydroxylation is 1. The largest absolute Gasteiger partial charge is 0.489 e. The summed E-state index contributed by atoms with van der Waals surface area (Å²) < 4.78 is 10.4. The lowest BCUT2D eigenvalue weighted by molar-refractivity contribution is -0.138. The fraction of sp³-hybridized carbons (Fsp3) is 0.429. The Hall–Kier alpha value is -2.08. The van der Waals surface area contributed by atoms with Crippen LogP contribution >= 0.6 is 0 Å². The summed E-state index contributed by atoms with van der Waals surface area (Å²) in [7, 11) is 1.58. The number of carbonyl (C=O) groups is 2. The van der Waals surface area contributed by atoms with Crippen LogP contribution in [0.2, 0.25) is 0 Å². The van der Waals surface area contributed by atoms with E-state index < -0.39 is 5.97 Å². The number of aliphatic carboxylic acids is 1. The van der Waals surface area contributed by atoms with E-state index in [1.165, 1.54) is 0 Å². The van der Waals surface area contributed by atoms with Gasteiger partial charge in [-0.05, 0) is 24.6 Å². The Morgan fingerprint density at radius 3 is 2.65 bits per heavy atom. The Bertz CT molecular complexity index is 473. The van der Waals surface area contributed by atoms with Crippen molar-refractivity contribution in [2.45, 2.75) is 19.8 Å². The summed E-state index contributed by atoms with van der Waals surface area (Å²) in [6.45, 7) is 2.73. The van der Waals surface area contributed by atoms with Gasteiger partial charge in [0.2, 0.25) is 5.91 Å². The molecular formula is C14H19NO5. The maximum Gasteiger partial charge on any atom is 0.303 e. The van der Waals surface area contributed by atoms with Crippen molar-refractivity contribution in [3.63, 3.8) is 0 Å². The molecule has 0 aliphatic rings. The van der Waals surface area contributed by atoms with E-state index in [1.807, 2.05) is 19.1 Å². The molecule has 0 radical (unpaired) electrons. The maximum atomic E-state index is 11.6. The van der Waals surface area contributed by atoms with E-state index in [-0.39, 0.29) is 18.7 Å². The predicted molar refractivity (Wildman–Crippen MR) is 74.0 cm³/mol. The molecule has 0 fully saturated rings. The quantitative estimate of drug-likeness (QED) is 0.710. The molecule has 1 rings (SSSR count). The molecule has 6 nitrogen and oxygen atoms in total. The van der Waals surface area contributed by atoms with E-state index >= 15 is 0 Å². The first kappa shape index (κ1) is 16.0. The number of ether oxygens (including phenoxy) is 2. The fourth-order valence-corrected chi connectivity index (χ4v) is 1.52. The van der Waals surface area contributed by atoms with E-state index in [2.05, 4.69) is 5.32 Å². The maximum absolute atomic E-state index is 11.6. The SMILES string of the molecule is COCCOc1cc(C)ccc1NC(=O)CCC(=O)O. The highest BCUT2D eigenvalue weighted by molar-refractivity contribution is 5.93. The van der Waals surface area contributed by atoms with Crippen LogP contribution in [0.15, 0.2) is 18.2 Å². The van der Waals surface area contributed by atoms with Gasteiger partial charge in [0.15, 0.2) is 0 Å². The Morgan fingerprint density at radius 1 is 1.25 bits per heavy atom. The summed E-state index contributed by atoms with van der Waals surface area (Å²) in [6, 6.07) is 5.38. The molecule has 0 bridgehead atoms. The first-order valence-electron chi connectivity index (χ1n) is 6.27. The van der Waals surface area contributed by atoms with Crippen LogP contribution in [0, 0.1) is 6.92 Å². The predicted octanol–water partition coefficient (Wildman–Crippen LogP) is 1.82. The van der Waals surface area contributed by atoms with Gasteiger partial charge in [0, 0.05) is 13.5 Å². The highest BCUT2D eigenvalue weighted by Gasteiger charge is 2.10. The van der Waals surface area contributed by atoms with Crippen LogP contribution in [-0.4, -0.2) is 37.3 Å². The zero-order chi connectivity index (χ0) is 15.0. The average molecular weight is 281 g/mol. The van der Waals surface area contributed by atoms with Gasteiger partial charge < -0.3 is 19.9 Å². The molecule has 0 aliphatic carbocycles. The lowest BCUT2D eigenvalue weighted by Gasteiger charge is -2.13. The zero-order valence-electron chi connectivity index (χ0n) is 11.6. The molecule has 0 saturated carbocycles. The van der Waals surface area contributed by atoms with Crippen LogP contribution in [0.25, 0.3) is 0 Å². The smallest absolute Gasteiger partial charge is 0.303 e. The molecule has 110 valence electrons. The minimum absolute atomic E-state index is 0.0687.